The number of aryl methyl sites for hydroxylation is 2. The van der Waals surface area contributed by atoms with Crippen molar-refractivity contribution in [3.05, 3.63) is 46.8 Å². The van der Waals surface area contributed by atoms with Gasteiger partial charge in [0.05, 0.1) is 12.2 Å². The Kier molecular flexibility index (Phi) is 3.41. The highest BCUT2D eigenvalue weighted by Crippen LogP contribution is 2.29. The van der Waals surface area contributed by atoms with Crippen LogP contribution in [-0.4, -0.2) is 29.1 Å². The van der Waals surface area contributed by atoms with Gasteiger partial charge in [0.2, 0.25) is 0 Å². The molecule has 0 saturated heterocycles. The monoisotopic (exact) mass is 286 g/mol. The van der Waals surface area contributed by atoms with E-state index in [1.165, 1.54) is 0 Å². The topological polar surface area (TPSA) is 55.6 Å². The summed E-state index contributed by atoms with van der Waals surface area (Å²) in [6.45, 7) is 4.22. The van der Waals surface area contributed by atoms with Crippen molar-refractivity contribution in [3.8, 4) is 5.75 Å². The van der Waals surface area contributed by atoms with Gasteiger partial charge in [0.1, 0.15) is 11.5 Å². The van der Waals surface area contributed by atoms with Gasteiger partial charge in [0, 0.05) is 19.0 Å². The zero-order chi connectivity index (χ0) is 15.0. The Morgan fingerprint density at radius 2 is 2.14 bits per heavy atom. The van der Waals surface area contributed by atoms with Crippen molar-refractivity contribution in [2.24, 2.45) is 0 Å². The van der Waals surface area contributed by atoms with Crippen molar-refractivity contribution in [1.82, 2.24) is 10.1 Å². The lowest BCUT2D eigenvalue weighted by Crippen LogP contribution is -2.38. The van der Waals surface area contributed by atoms with Gasteiger partial charge in [-0.2, -0.15) is 0 Å². The molecule has 110 valence electrons. The highest BCUT2D eigenvalue weighted by Gasteiger charge is 2.31. The van der Waals surface area contributed by atoms with Gasteiger partial charge in [-0.05, 0) is 25.5 Å². The molecule has 0 aliphatic carbocycles. The van der Waals surface area contributed by atoms with E-state index in [2.05, 4.69) is 5.16 Å². The second-order valence-corrected chi connectivity index (χ2v) is 5.42. The van der Waals surface area contributed by atoms with Gasteiger partial charge < -0.3 is 14.2 Å². The quantitative estimate of drug-likeness (QED) is 0.868. The van der Waals surface area contributed by atoms with Crippen LogP contribution in [-0.2, 0) is 17.8 Å². The molecule has 0 radical (unpaired) electrons. The summed E-state index contributed by atoms with van der Waals surface area (Å²) in [6, 6.07) is 7.77. The Balaban J connectivity index is 1.69. The maximum absolute atomic E-state index is 12.5. The molecular weight excluding hydrogens is 268 g/mol. The van der Waals surface area contributed by atoms with Crippen molar-refractivity contribution in [2.75, 3.05) is 7.05 Å². The average molecular weight is 286 g/mol. The molecular formula is C16H18N2O3. The van der Waals surface area contributed by atoms with E-state index in [-0.39, 0.29) is 5.91 Å². The molecule has 0 fully saturated rings. The third kappa shape index (κ3) is 2.51. The Morgan fingerprint density at radius 1 is 1.38 bits per heavy atom. The van der Waals surface area contributed by atoms with Crippen molar-refractivity contribution in [1.29, 1.82) is 0 Å². The molecule has 0 bridgehead atoms. The lowest BCUT2D eigenvalue weighted by molar-refractivity contribution is -0.137. The Hall–Kier alpha value is -2.30. The number of hydrogen-bond acceptors (Lipinski definition) is 4. The number of fused-ring (bicyclic) bond motifs is 1. The fraction of sp³-hybridized carbons (Fsp3) is 0.375. The molecule has 1 aromatic heterocycles. The number of likely N-dealkylation sites (N-methyl/N-ethyl adjacent to an activating group) is 1. The van der Waals surface area contributed by atoms with Crippen LogP contribution in [0.1, 0.15) is 22.6 Å². The van der Waals surface area contributed by atoms with Gasteiger partial charge in [-0.3, -0.25) is 4.79 Å². The standard InChI is InChI=1S/C16H18N2O3/c1-10-13(11(2)21-17-10)9-18(3)16(19)15-8-12-6-4-5-7-14(12)20-15/h4-7,15H,8-9H2,1-3H3. The number of carbonyl (C=O) groups excluding carboxylic acids is 1. The molecule has 0 saturated carbocycles. The van der Waals surface area contributed by atoms with E-state index in [9.17, 15) is 4.79 Å². The van der Waals surface area contributed by atoms with Gasteiger partial charge in [0.25, 0.3) is 5.91 Å². The van der Waals surface area contributed by atoms with Gasteiger partial charge in [-0.15, -0.1) is 0 Å². The summed E-state index contributed by atoms with van der Waals surface area (Å²) in [4.78, 5) is 14.2. The smallest absolute Gasteiger partial charge is 0.264 e. The molecule has 1 aromatic carbocycles. The van der Waals surface area contributed by atoms with E-state index in [1.807, 2.05) is 38.1 Å². The molecule has 1 atom stereocenters. The summed E-state index contributed by atoms with van der Waals surface area (Å²) in [7, 11) is 1.78. The predicted octanol–water partition coefficient (Wildman–Crippen LogP) is 2.25. The maximum atomic E-state index is 12.5. The van der Waals surface area contributed by atoms with E-state index in [0.717, 1.165) is 28.3 Å². The van der Waals surface area contributed by atoms with Gasteiger partial charge in [-0.1, -0.05) is 23.4 Å². The van der Waals surface area contributed by atoms with E-state index < -0.39 is 6.10 Å². The zero-order valence-electron chi connectivity index (χ0n) is 12.4. The first-order chi connectivity index (χ1) is 10.1. The minimum atomic E-state index is -0.437. The minimum Gasteiger partial charge on any atom is -0.480 e. The Bertz CT molecular complexity index is 633. The highest BCUT2D eigenvalue weighted by atomic mass is 16.5. The molecule has 1 amide bonds. The van der Waals surface area contributed by atoms with Gasteiger partial charge in [-0.25, -0.2) is 0 Å². The van der Waals surface area contributed by atoms with E-state index in [4.69, 9.17) is 9.26 Å². The van der Waals surface area contributed by atoms with Crippen LogP contribution in [0, 0.1) is 13.8 Å². The minimum absolute atomic E-state index is 0.0220. The van der Waals surface area contributed by atoms with Crippen LogP contribution in [0.3, 0.4) is 0 Å². The number of rotatable bonds is 3. The first-order valence-corrected chi connectivity index (χ1v) is 6.97. The number of amides is 1. The third-order valence-corrected chi connectivity index (χ3v) is 3.88. The highest BCUT2D eigenvalue weighted by molar-refractivity contribution is 5.82. The van der Waals surface area contributed by atoms with Crippen LogP contribution in [0.5, 0.6) is 5.75 Å². The number of ether oxygens (including phenoxy) is 1. The molecule has 0 spiro atoms. The van der Waals surface area contributed by atoms with Crippen LogP contribution in [0.25, 0.3) is 0 Å². The fourth-order valence-electron chi connectivity index (χ4n) is 2.61. The molecule has 2 heterocycles. The van der Waals surface area contributed by atoms with E-state index in [1.54, 1.807) is 11.9 Å². The van der Waals surface area contributed by atoms with Crippen LogP contribution >= 0.6 is 0 Å². The first kappa shape index (κ1) is 13.7. The zero-order valence-corrected chi connectivity index (χ0v) is 12.4. The summed E-state index contributed by atoms with van der Waals surface area (Å²) >= 11 is 0. The summed E-state index contributed by atoms with van der Waals surface area (Å²) in [6.07, 6.45) is 0.189. The van der Waals surface area contributed by atoms with Crippen molar-refractivity contribution < 1.29 is 14.1 Å². The number of hydrogen-bond donors (Lipinski definition) is 0. The molecule has 1 aliphatic rings. The van der Waals surface area contributed by atoms with Crippen LogP contribution in [0.15, 0.2) is 28.8 Å². The van der Waals surface area contributed by atoms with Crippen LogP contribution < -0.4 is 4.74 Å². The molecule has 3 rings (SSSR count). The largest absolute Gasteiger partial charge is 0.480 e. The SMILES string of the molecule is Cc1noc(C)c1CN(C)C(=O)C1Cc2ccccc2O1. The number of carbonyl (C=O) groups is 1. The van der Waals surface area contributed by atoms with E-state index in [0.29, 0.717) is 13.0 Å². The molecule has 21 heavy (non-hydrogen) atoms. The fourth-order valence-corrected chi connectivity index (χ4v) is 2.61. The summed E-state index contributed by atoms with van der Waals surface area (Å²) in [5.74, 6) is 1.54. The second kappa shape index (κ2) is 5.24. The second-order valence-electron chi connectivity index (χ2n) is 5.42. The number of nitrogens with zero attached hydrogens (tertiary/aromatic N) is 2. The van der Waals surface area contributed by atoms with Crippen molar-refractivity contribution in [2.45, 2.75) is 32.9 Å². The molecule has 1 aliphatic heterocycles. The maximum Gasteiger partial charge on any atom is 0.264 e. The third-order valence-electron chi connectivity index (χ3n) is 3.88. The summed E-state index contributed by atoms with van der Waals surface area (Å²) < 4.78 is 10.9. The van der Waals surface area contributed by atoms with Gasteiger partial charge in [0.15, 0.2) is 6.10 Å². The number of benzene rings is 1. The first-order valence-electron chi connectivity index (χ1n) is 6.97. The van der Waals surface area contributed by atoms with Crippen LogP contribution in [0.4, 0.5) is 0 Å². The summed E-state index contributed by atoms with van der Waals surface area (Å²) in [5.41, 5.74) is 2.87. The Morgan fingerprint density at radius 3 is 2.81 bits per heavy atom. The molecule has 5 nitrogen and oxygen atoms in total. The molecule has 2 aromatic rings. The predicted molar refractivity (Wildman–Crippen MR) is 77.0 cm³/mol. The van der Waals surface area contributed by atoms with Crippen molar-refractivity contribution >= 4 is 5.91 Å². The molecule has 5 heteroatoms. The molecule has 1 unspecified atom stereocenters. The van der Waals surface area contributed by atoms with Crippen LogP contribution in [0.2, 0.25) is 0 Å². The lowest BCUT2D eigenvalue weighted by atomic mass is 10.1. The number of aromatic nitrogens is 1. The normalized spacial score (nSPS) is 16.4. The number of para-hydroxylation sites is 1. The van der Waals surface area contributed by atoms with Crippen molar-refractivity contribution in [3.63, 3.8) is 0 Å². The average Bonchev–Trinajstić information content (AvgIpc) is 3.04. The molecule has 0 N–H and O–H groups in total. The van der Waals surface area contributed by atoms with E-state index >= 15 is 0 Å². The van der Waals surface area contributed by atoms with Gasteiger partial charge >= 0.3 is 0 Å². The lowest BCUT2D eigenvalue weighted by Gasteiger charge is -2.20. The Labute approximate surface area is 123 Å². The summed E-state index contributed by atoms with van der Waals surface area (Å²) in [5, 5.41) is 3.91.